The maximum Gasteiger partial charge on any atom is 0.222 e. The van der Waals surface area contributed by atoms with E-state index in [2.05, 4.69) is 20.6 Å². The predicted molar refractivity (Wildman–Crippen MR) is 77.2 cm³/mol. The standard InChI is InChI=1S/C12H20ClN5O/c1-7-9(13)10(17-11(14)16-7)18-12(2,3)6-5-8(19)15-4/h5-6H2,1-4H3,(H,15,19)(H3,14,16,17,18). The lowest BCUT2D eigenvalue weighted by molar-refractivity contribution is -0.120. The van der Waals surface area contributed by atoms with Crippen molar-refractivity contribution < 1.29 is 4.79 Å². The number of halogens is 1. The van der Waals surface area contributed by atoms with Gasteiger partial charge in [0.25, 0.3) is 0 Å². The average Bonchev–Trinajstić information content (AvgIpc) is 2.32. The lowest BCUT2D eigenvalue weighted by Crippen LogP contribution is -2.33. The van der Waals surface area contributed by atoms with Crippen LogP contribution in [0, 0.1) is 6.92 Å². The molecule has 1 rings (SSSR count). The van der Waals surface area contributed by atoms with Crippen molar-refractivity contribution >= 4 is 29.3 Å². The monoisotopic (exact) mass is 285 g/mol. The van der Waals surface area contributed by atoms with Crippen LogP contribution in [0.3, 0.4) is 0 Å². The Morgan fingerprint density at radius 1 is 1.42 bits per heavy atom. The van der Waals surface area contributed by atoms with Crippen LogP contribution in [0.4, 0.5) is 11.8 Å². The molecule has 106 valence electrons. The Morgan fingerprint density at radius 3 is 2.63 bits per heavy atom. The Labute approximate surface area is 118 Å². The van der Waals surface area contributed by atoms with Gasteiger partial charge in [-0.2, -0.15) is 4.98 Å². The largest absolute Gasteiger partial charge is 0.368 e. The van der Waals surface area contributed by atoms with Gasteiger partial charge in [-0.05, 0) is 27.2 Å². The molecule has 0 saturated heterocycles. The van der Waals surface area contributed by atoms with Crippen LogP contribution in [0.5, 0.6) is 0 Å². The first-order valence-electron chi connectivity index (χ1n) is 6.03. The SMILES string of the molecule is CNC(=O)CCC(C)(C)Nc1nc(N)nc(C)c1Cl. The van der Waals surface area contributed by atoms with Crippen molar-refractivity contribution in [1.29, 1.82) is 0 Å². The smallest absolute Gasteiger partial charge is 0.222 e. The number of nitrogens with zero attached hydrogens (tertiary/aromatic N) is 2. The zero-order chi connectivity index (χ0) is 14.6. The van der Waals surface area contributed by atoms with Gasteiger partial charge in [0.15, 0.2) is 5.82 Å². The maximum atomic E-state index is 11.3. The van der Waals surface area contributed by atoms with E-state index in [0.29, 0.717) is 29.4 Å². The van der Waals surface area contributed by atoms with E-state index >= 15 is 0 Å². The fourth-order valence-corrected chi connectivity index (χ4v) is 1.73. The fourth-order valence-electron chi connectivity index (χ4n) is 1.60. The molecule has 7 heteroatoms. The number of aryl methyl sites for hydroxylation is 1. The Hall–Kier alpha value is -1.56. The molecule has 0 unspecified atom stereocenters. The quantitative estimate of drug-likeness (QED) is 0.766. The van der Waals surface area contributed by atoms with E-state index in [1.54, 1.807) is 14.0 Å². The number of nitrogens with two attached hydrogens (primary N) is 1. The molecule has 1 aromatic rings. The third kappa shape index (κ3) is 4.55. The predicted octanol–water partition coefficient (Wildman–Crippen LogP) is 1.74. The van der Waals surface area contributed by atoms with Crippen LogP contribution in [-0.2, 0) is 4.79 Å². The Balaban J connectivity index is 2.80. The minimum Gasteiger partial charge on any atom is -0.368 e. The molecule has 1 heterocycles. The highest BCUT2D eigenvalue weighted by atomic mass is 35.5. The lowest BCUT2D eigenvalue weighted by Gasteiger charge is -2.27. The normalized spacial score (nSPS) is 11.2. The molecule has 0 saturated carbocycles. The number of hydrogen-bond acceptors (Lipinski definition) is 5. The molecule has 4 N–H and O–H groups in total. The van der Waals surface area contributed by atoms with Crippen LogP contribution in [-0.4, -0.2) is 28.5 Å². The van der Waals surface area contributed by atoms with Gasteiger partial charge in [0.2, 0.25) is 11.9 Å². The summed E-state index contributed by atoms with van der Waals surface area (Å²) in [5.41, 5.74) is 5.90. The zero-order valence-electron chi connectivity index (χ0n) is 11.7. The molecular formula is C12H20ClN5O. The second-order valence-corrected chi connectivity index (χ2v) is 5.39. The molecule has 0 aliphatic heterocycles. The molecule has 0 aliphatic rings. The van der Waals surface area contributed by atoms with Crippen LogP contribution in [0.1, 0.15) is 32.4 Å². The summed E-state index contributed by atoms with van der Waals surface area (Å²) in [5, 5.41) is 6.24. The molecule has 0 spiro atoms. The molecule has 0 fully saturated rings. The van der Waals surface area contributed by atoms with Crippen molar-refractivity contribution in [1.82, 2.24) is 15.3 Å². The maximum absolute atomic E-state index is 11.3. The zero-order valence-corrected chi connectivity index (χ0v) is 12.4. The van der Waals surface area contributed by atoms with Crippen molar-refractivity contribution in [3.63, 3.8) is 0 Å². The molecule has 0 atom stereocenters. The highest BCUT2D eigenvalue weighted by Crippen LogP contribution is 2.27. The molecule has 1 aromatic heterocycles. The summed E-state index contributed by atoms with van der Waals surface area (Å²) in [7, 11) is 1.62. The Morgan fingerprint density at radius 2 is 2.05 bits per heavy atom. The van der Waals surface area contributed by atoms with Crippen LogP contribution < -0.4 is 16.4 Å². The van der Waals surface area contributed by atoms with Crippen LogP contribution in [0.15, 0.2) is 0 Å². The van der Waals surface area contributed by atoms with Crippen LogP contribution in [0.25, 0.3) is 0 Å². The van der Waals surface area contributed by atoms with Gasteiger partial charge in [-0.3, -0.25) is 4.79 Å². The van der Waals surface area contributed by atoms with Crippen molar-refractivity contribution in [3.8, 4) is 0 Å². The second kappa shape index (κ2) is 6.06. The van der Waals surface area contributed by atoms with E-state index in [1.165, 1.54) is 0 Å². The average molecular weight is 286 g/mol. The van der Waals surface area contributed by atoms with E-state index in [-0.39, 0.29) is 17.4 Å². The van der Waals surface area contributed by atoms with Crippen molar-refractivity contribution in [2.45, 2.75) is 39.2 Å². The third-order valence-electron chi connectivity index (χ3n) is 2.75. The van der Waals surface area contributed by atoms with Gasteiger partial charge in [0.1, 0.15) is 5.02 Å². The van der Waals surface area contributed by atoms with Gasteiger partial charge in [0.05, 0.1) is 5.69 Å². The third-order valence-corrected chi connectivity index (χ3v) is 3.20. The fraction of sp³-hybridized carbons (Fsp3) is 0.583. The molecule has 19 heavy (non-hydrogen) atoms. The van der Waals surface area contributed by atoms with Gasteiger partial charge in [-0.25, -0.2) is 4.98 Å². The van der Waals surface area contributed by atoms with Gasteiger partial charge < -0.3 is 16.4 Å². The number of carbonyl (C=O) groups excluding carboxylic acids is 1. The molecular weight excluding hydrogens is 266 g/mol. The molecule has 0 radical (unpaired) electrons. The van der Waals surface area contributed by atoms with Crippen molar-refractivity contribution in [3.05, 3.63) is 10.7 Å². The summed E-state index contributed by atoms with van der Waals surface area (Å²) in [6, 6.07) is 0. The van der Waals surface area contributed by atoms with Gasteiger partial charge >= 0.3 is 0 Å². The molecule has 0 aromatic carbocycles. The Kier molecular flexibility index (Phi) is 4.94. The number of carbonyl (C=O) groups is 1. The minimum atomic E-state index is -0.330. The van der Waals surface area contributed by atoms with Crippen molar-refractivity contribution in [2.75, 3.05) is 18.1 Å². The number of aromatic nitrogens is 2. The molecule has 0 aliphatic carbocycles. The number of rotatable bonds is 5. The van der Waals surface area contributed by atoms with Crippen LogP contribution >= 0.6 is 11.6 Å². The molecule has 0 bridgehead atoms. The molecule has 6 nitrogen and oxygen atoms in total. The van der Waals surface area contributed by atoms with E-state index in [4.69, 9.17) is 17.3 Å². The van der Waals surface area contributed by atoms with E-state index in [1.807, 2.05) is 13.8 Å². The van der Waals surface area contributed by atoms with Gasteiger partial charge in [-0.1, -0.05) is 11.6 Å². The summed E-state index contributed by atoms with van der Waals surface area (Å²) >= 11 is 6.14. The Bertz CT molecular complexity index is 475. The van der Waals surface area contributed by atoms with Gasteiger partial charge in [-0.15, -0.1) is 0 Å². The number of nitrogen functional groups attached to an aromatic ring is 1. The van der Waals surface area contributed by atoms with Crippen molar-refractivity contribution in [2.24, 2.45) is 0 Å². The first-order valence-corrected chi connectivity index (χ1v) is 6.41. The number of amides is 1. The van der Waals surface area contributed by atoms with E-state index in [9.17, 15) is 4.79 Å². The summed E-state index contributed by atoms with van der Waals surface area (Å²) in [4.78, 5) is 19.3. The summed E-state index contributed by atoms with van der Waals surface area (Å²) in [6.45, 7) is 5.71. The highest BCUT2D eigenvalue weighted by Gasteiger charge is 2.21. The lowest BCUT2D eigenvalue weighted by atomic mass is 9.98. The number of anilines is 2. The second-order valence-electron chi connectivity index (χ2n) is 5.01. The van der Waals surface area contributed by atoms with E-state index in [0.717, 1.165) is 0 Å². The first-order chi connectivity index (χ1) is 8.75. The minimum absolute atomic E-state index is 0.000598. The first kappa shape index (κ1) is 15.5. The number of nitrogens with one attached hydrogen (secondary N) is 2. The summed E-state index contributed by atoms with van der Waals surface area (Å²) in [5.74, 6) is 0.666. The molecule has 1 amide bonds. The summed E-state index contributed by atoms with van der Waals surface area (Å²) < 4.78 is 0. The topological polar surface area (TPSA) is 92.9 Å². The van der Waals surface area contributed by atoms with Gasteiger partial charge in [0, 0.05) is 19.0 Å². The number of hydrogen-bond donors (Lipinski definition) is 3. The van der Waals surface area contributed by atoms with Crippen LogP contribution in [0.2, 0.25) is 5.02 Å². The van der Waals surface area contributed by atoms with E-state index < -0.39 is 0 Å². The highest BCUT2D eigenvalue weighted by molar-refractivity contribution is 6.33. The summed E-state index contributed by atoms with van der Waals surface area (Å²) in [6.07, 6.45) is 1.07.